The minimum atomic E-state index is -0.197. The molecule has 5 rings (SSSR count). The third-order valence-electron chi connectivity index (χ3n) is 6.16. The van der Waals surface area contributed by atoms with Gasteiger partial charge in [0.15, 0.2) is 11.0 Å². The predicted molar refractivity (Wildman–Crippen MR) is 134 cm³/mol. The summed E-state index contributed by atoms with van der Waals surface area (Å²) in [5.74, 6) is 0.544. The van der Waals surface area contributed by atoms with E-state index in [0.29, 0.717) is 27.5 Å². The van der Waals surface area contributed by atoms with E-state index >= 15 is 0 Å². The van der Waals surface area contributed by atoms with E-state index in [2.05, 4.69) is 25.4 Å². The van der Waals surface area contributed by atoms with Gasteiger partial charge in [0.25, 0.3) is 5.91 Å². The smallest absolute Gasteiger partial charge is 0.253 e. The van der Waals surface area contributed by atoms with Gasteiger partial charge >= 0.3 is 0 Å². The standard InChI is InChI=1S/C25H26ClN5O2S/c26-20-11-5-3-9-18(20)23-29-30-25(31(23)17-7-1-2-8-17)34-15-22(32)28-21-12-6-4-10-19(21)24(33)27-16-13-14-16/h3-6,9-12,16-17H,1-2,7-8,13-15H2,(H,27,33)(H,28,32). The van der Waals surface area contributed by atoms with E-state index in [-0.39, 0.29) is 23.6 Å². The molecule has 2 aliphatic rings. The van der Waals surface area contributed by atoms with E-state index < -0.39 is 0 Å². The number of carbonyl (C=O) groups is 2. The van der Waals surface area contributed by atoms with Crippen LogP contribution in [0.2, 0.25) is 5.02 Å². The van der Waals surface area contributed by atoms with Crippen molar-refractivity contribution >= 4 is 40.9 Å². The summed E-state index contributed by atoms with van der Waals surface area (Å²) in [7, 11) is 0. The molecule has 0 aliphatic heterocycles. The number of hydrogen-bond acceptors (Lipinski definition) is 5. The van der Waals surface area contributed by atoms with E-state index in [0.717, 1.165) is 49.9 Å². The van der Waals surface area contributed by atoms with E-state index in [9.17, 15) is 9.59 Å². The fraction of sp³-hybridized carbons (Fsp3) is 0.360. The van der Waals surface area contributed by atoms with Crippen LogP contribution in [0.3, 0.4) is 0 Å². The first kappa shape index (κ1) is 22.9. The number of halogens is 1. The van der Waals surface area contributed by atoms with Gasteiger partial charge in [-0.25, -0.2) is 0 Å². The molecule has 2 fully saturated rings. The molecule has 0 spiro atoms. The molecule has 0 radical (unpaired) electrons. The number of thioether (sulfide) groups is 1. The Morgan fingerprint density at radius 2 is 1.74 bits per heavy atom. The Labute approximate surface area is 207 Å². The van der Waals surface area contributed by atoms with Crippen LogP contribution in [-0.2, 0) is 4.79 Å². The van der Waals surface area contributed by atoms with Gasteiger partial charge < -0.3 is 10.6 Å². The van der Waals surface area contributed by atoms with Gasteiger partial charge in [0.1, 0.15) is 0 Å². The number of anilines is 1. The zero-order valence-electron chi connectivity index (χ0n) is 18.7. The lowest BCUT2D eigenvalue weighted by molar-refractivity contribution is -0.113. The summed E-state index contributed by atoms with van der Waals surface area (Å²) in [6.07, 6.45) is 6.45. The summed E-state index contributed by atoms with van der Waals surface area (Å²) < 4.78 is 2.14. The fourth-order valence-corrected chi connectivity index (χ4v) is 5.32. The highest BCUT2D eigenvalue weighted by Gasteiger charge is 2.27. The van der Waals surface area contributed by atoms with Gasteiger partial charge in [-0.05, 0) is 49.9 Å². The quantitative estimate of drug-likeness (QED) is 0.412. The molecule has 1 aromatic heterocycles. The van der Waals surface area contributed by atoms with Crippen LogP contribution < -0.4 is 10.6 Å². The number of carbonyl (C=O) groups excluding carboxylic acids is 2. The molecule has 0 bridgehead atoms. The second kappa shape index (κ2) is 10.2. The highest BCUT2D eigenvalue weighted by Crippen LogP contribution is 2.38. The molecule has 7 nitrogen and oxygen atoms in total. The number of benzene rings is 2. The lowest BCUT2D eigenvalue weighted by Crippen LogP contribution is -2.27. The SMILES string of the molecule is O=C(CSc1nnc(-c2ccccc2Cl)n1C1CCCC1)Nc1ccccc1C(=O)NC1CC1. The first-order valence-corrected chi connectivity index (χ1v) is 13.0. The number of aromatic nitrogens is 3. The van der Waals surface area contributed by atoms with Gasteiger partial charge in [0, 0.05) is 17.6 Å². The zero-order valence-corrected chi connectivity index (χ0v) is 20.2. The van der Waals surface area contributed by atoms with Gasteiger partial charge in [-0.3, -0.25) is 14.2 Å². The highest BCUT2D eigenvalue weighted by atomic mass is 35.5. The Bertz CT molecular complexity index is 1200. The number of hydrogen-bond donors (Lipinski definition) is 2. The van der Waals surface area contributed by atoms with Crippen molar-refractivity contribution in [3.63, 3.8) is 0 Å². The summed E-state index contributed by atoms with van der Waals surface area (Å²) in [6.45, 7) is 0. The molecular weight excluding hydrogens is 470 g/mol. The van der Waals surface area contributed by atoms with Crippen molar-refractivity contribution in [2.24, 2.45) is 0 Å². The molecule has 2 N–H and O–H groups in total. The van der Waals surface area contributed by atoms with Crippen molar-refractivity contribution in [3.05, 3.63) is 59.1 Å². The number of rotatable bonds is 8. The van der Waals surface area contributed by atoms with E-state index in [1.54, 1.807) is 18.2 Å². The van der Waals surface area contributed by atoms with Crippen molar-refractivity contribution in [2.75, 3.05) is 11.1 Å². The van der Waals surface area contributed by atoms with Crippen LogP contribution in [0, 0.1) is 0 Å². The van der Waals surface area contributed by atoms with Crippen LogP contribution in [0.15, 0.2) is 53.7 Å². The first-order valence-electron chi connectivity index (χ1n) is 11.6. The topological polar surface area (TPSA) is 88.9 Å². The van der Waals surface area contributed by atoms with Crippen molar-refractivity contribution in [1.29, 1.82) is 0 Å². The summed E-state index contributed by atoms with van der Waals surface area (Å²) in [6, 6.07) is 15.3. The Kier molecular flexibility index (Phi) is 6.87. The minimum absolute atomic E-state index is 0.156. The average molecular weight is 496 g/mol. The summed E-state index contributed by atoms with van der Waals surface area (Å²) in [5.41, 5.74) is 1.83. The van der Waals surface area contributed by atoms with Gasteiger partial charge in [-0.2, -0.15) is 0 Å². The van der Waals surface area contributed by atoms with E-state index in [1.165, 1.54) is 11.8 Å². The second-order valence-corrected chi connectivity index (χ2v) is 10.1. The number of nitrogens with zero attached hydrogens (tertiary/aromatic N) is 3. The van der Waals surface area contributed by atoms with Gasteiger partial charge in [-0.1, -0.05) is 60.5 Å². The number of para-hydroxylation sites is 1. The molecule has 3 aromatic rings. The molecular formula is C25H26ClN5O2S. The molecule has 176 valence electrons. The lowest BCUT2D eigenvalue weighted by Gasteiger charge is -2.17. The normalized spacial score (nSPS) is 15.9. The van der Waals surface area contributed by atoms with Crippen LogP contribution in [-0.4, -0.2) is 38.4 Å². The Morgan fingerprint density at radius 3 is 2.50 bits per heavy atom. The zero-order chi connectivity index (χ0) is 23.5. The molecule has 0 saturated heterocycles. The Hall–Kier alpha value is -2.84. The van der Waals surface area contributed by atoms with Gasteiger partial charge in [0.2, 0.25) is 5.91 Å². The monoisotopic (exact) mass is 495 g/mol. The Balaban J connectivity index is 1.31. The molecule has 34 heavy (non-hydrogen) atoms. The molecule has 2 amide bonds. The lowest BCUT2D eigenvalue weighted by atomic mass is 10.1. The van der Waals surface area contributed by atoms with Gasteiger partial charge in [0.05, 0.1) is 22.0 Å². The van der Waals surface area contributed by atoms with Crippen LogP contribution >= 0.6 is 23.4 Å². The van der Waals surface area contributed by atoms with Gasteiger partial charge in [-0.15, -0.1) is 10.2 Å². The average Bonchev–Trinajstić information content (AvgIpc) is 3.31. The van der Waals surface area contributed by atoms with Crippen LogP contribution in [0.1, 0.15) is 54.9 Å². The van der Waals surface area contributed by atoms with Crippen LogP contribution in [0.25, 0.3) is 11.4 Å². The van der Waals surface area contributed by atoms with Crippen molar-refractivity contribution in [3.8, 4) is 11.4 Å². The molecule has 2 saturated carbocycles. The predicted octanol–water partition coefficient (Wildman–Crippen LogP) is 5.34. The molecule has 0 atom stereocenters. The second-order valence-electron chi connectivity index (χ2n) is 8.72. The highest BCUT2D eigenvalue weighted by molar-refractivity contribution is 7.99. The van der Waals surface area contributed by atoms with Crippen molar-refractivity contribution in [2.45, 2.75) is 55.8 Å². The maximum absolute atomic E-state index is 12.8. The fourth-order valence-electron chi connectivity index (χ4n) is 4.29. The largest absolute Gasteiger partial charge is 0.349 e. The summed E-state index contributed by atoms with van der Waals surface area (Å²) >= 11 is 7.81. The van der Waals surface area contributed by atoms with Crippen molar-refractivity contribution in [1.82, 2.24) is 20.1 Å². The molecule has 0 unspecified atom stereocenters. The summed E-state index contributed by atoms with van der Waals surface area (Å²) in [5, 5.41) is 16.1. The Morgan fingerprint density at radius 1 is 1.00 bits per heavy atom. The van der Waals surface area contributed by atoms with Crippen LogP contribution in [0.5, 0.6) is 0 Å². The van der Waals surface area contributed by atoms with Crippen molar-refractivity contribution < 1.29 is 9.59 Å². The molecule has 2 aliphatic carbocycles. The number of nitrogens with one attached hydrogen (secondary N) is 2. The maximum atomic E-state index is 12.8. The number of amides is 2. The maximum Gasteiger partial charge on any atom is 0.253 e. The minimum Gasteiger partial charge on any atom is -0.349 e. The van der Waals surface area contributed by atoms with Crippen LogP contribution in [0.4, 0.5) is 5.69 Å². The third-order valence-corrected chi connectivity index (χ3v) is 7.43. The third kappa shape index (κ3) is 5.13. The molecule has 1 heterocycles. The van der Waals surface area contributed by atoms with E-state index in [4.69, 9.17) is 11.6 Å². The first-order chi connectivity index (χ1) is 16.6. The summed E-state index contributed by atoms with van der Waals surface area (Å²) in [4.78, 5) is 25.3. The molecule has 2 aromatic carbocycles. The molecule has 9 heteroatoms. The van der Waals surface area contributed by atoms with E-state index in [1.807, 2.05) is 30.3 Å².